The van der Waals surface area contributed by atoms with E-state index in [9.17, 15) is 9.59 Å². The first-order valence-corrected chi connectivity index (χ1v) is 9.66. The molecular formula is C23H25N3O2. The molecule has 0 aromatic heterocycles. The molecule has 2 aromatic carbocycles. The standard InChI is InChI=1S/C23H25N3O2/c1-16-8-10-18(11-9-16)20-21(25-14-12-24(3)13-15-25)23(28)26(22(20)27)19-7-5-4-6-17(19)2/h4-11H,12-15H2,1-3H3. The summed E-state index contributed by atoms with van der Waals surface area (Å²) in [6.07, 6.45) is 0. The molecule has 2 aliphatic heterocycles. The first-order valence-electron chi connectivity index (χ1n) is 9.66. The third kappa shape index (κ3) is 3.12. The van der Waals surface area contributed by atoms with Crippen molar-refractivity contribution >= 4 is 23.1 Å². The Morgan fingerprint density at radius 2 is 1.43 bits per heavy atom. The van der Waals surface area contributed by atoms with E-state index in [1.165, 1.54) is 4.90 Å². The number of hydrogen-bond acceptors (Lipinski definition) is 4. The van der Waals surface area contributed by atoms with E-state index >= 15 is 0 Å². The Hall–Kier alpha value is -2.92. The zero-order valence-electron chi connectivity index (χ0n) is 16.6. The van der Waals surface area contributed by atoms with E-state index in [2.05, 4.69) is 16.8 Å². The fraction of sp³-hybridized carbons (Fsp3) is 0.304. The van der Waals surface area contributed by atoms with Crippen molar-refractivity contribution in [3.8, 4) is 0 Å². The van der Waals surface area contributed by atoms with E-state index in [0.29, 0.717) is 17.0 Å². The normalized spacial score (nSPS) is 18.4. The van der Waals surface area contributed by atoms with Crippen LogP contribution in [0.3, 0.4) is 0 Å². The Bertz CT molecular complexity index is 954. The van der Waals surface area contributed by atoms with Crippen molar-refractivity contribution < 1.29 is 9.59 Å². The topological polar surface area (TPSA) is 43.9 Å². The average Bonchev–Trinajstić information content (AvgIpc) is 2.94. The highest BCUT2D eigenvalue weighted by molar-refractivity contribution is 6.45. The van der Waals surface area contributed by atoms with Crippen LogP contribution in [0.25, 0.3) is 5.57 Å². The van der Waals surface area contributed by atoms with Crippen molar-refractivity contribution in [3.63, 3.8) is 0 Å². The molecule has 0 bridgehead atoms. The monoisotopic (exact) mass is 375 g/mol. The Balaban J connectivity index is 1.82. The lowest BCUT2D eigenvalue weighted by Gasteiger charge is -2.34. The van der Waals surface area contributed by atoms with Crippen molar-refractivity contribution in [1.29, 1.82) is 0 Å². The molecular weight excluding hydrogens is 350 g/mol. The van der Waals surface area contributed by atoms with E-state index < -0.39 is 0 Å². The van der Waals surface area contributed by atoms with Crippen LogP contribution in [-0.2, 0) is 9.59 Å². The van der Waals surface area contributed by atoms with Crippen LogP contribution in [-0.4, -0.2) is 54.8 Å². The van der Waals surface area contributed by atoms with Crippen LogP contribution >= 0.6 is 0 Å². The van der Waals surface area contributed by atoms with Crippen LogP contribution in [0.4, 0.5) is 5.69 Å². The van der Waals surface area contributed by atoms with Gasteiger partial charge in [-0.25, -0.2) is 4.90 Å². The first kappa shape index (κ1) is 18.4. The summed E-state index contributed by atoms with van der Waals surface area (Å²) in [5.41, 5.74) is 4.54. The lowest BCUT2D eigenvalue weighted by Crippen LogP contribution is -2.46. The van der Waals surface area contributed by atoms with Gasteiger partial charge in [0.05, 0.1) is 11.3 Å². The first-order chi connectivity index (χ1) is 13.5. The van der Waals surface area contributed by atoms with Gasteiger partial charge in [0, 0.05) is 26.2 Å². The SMILES string of the molecule is Cc1ccc(C2=C(N3CCN(C)CC3)C(=O)N(c3ccccc3C)C2=O)cc1. The summed E-state index contributed by atoms with van der Waals surface area (Å²) in [5.74, 6) is -0.462. The van der Waals surface area contributed by atoms with Crippen molar-refractivity contribution in [2.24, 2.45) is 0 Å². The highest BCUT2D eigenvalue weighted by atomic mass is 16.2. The van der Waals surface area contributed by atoms with Gasteiger partial charge < -0.3 is 9.80 Å². The molecule has 2 aliphatic rings. The quantitative estimate of drug-likeness (QED) is 0.774. The van der Waals surface area contributed by atoms with Crippen LogP contribution in [0.1, 0.15) is 16.7 Å². The highest BCUT2D eigenvalue weighted by Crippen LogP contribution is 2.36. The maximum atomic E-state index is 13.5. The van der Waals surface area contributed by atoms with Gasteiger partial charge in [0.15, 0.2) is 0 Å². The third-order valence-corrected chi connectivity index (χ3v) is 5.58. The third-order valence-electron chi connectivity index (χ3n) is 5.58. The molecule has 0 N–H and O–H groups in total. The van der Waals surface area contributed by atoms with Crippen molar-refractivity contribution in [1.82, 2.24) is 9.80 Å². The summed E-state index contributed by atoms with van der Waals surface area (Å²) in [6, 6.07) is 15.4. The Labute approximate surface area is 165 Å². The number of likely N-dealkylation sites (N-methyl/N-ethyl adjacent to an activating group) is 1. The van der Waals surface area contributed by atoms with E-state index in [1.54, 1.807) is 0 Å². The smallest absolute Gasteiger partial charge is 0.282 e. The van der Waals surface area contributed by atoms with Gasteiger partial charge in [0.2, 0.25) is 0 Å². The minimum Gasteiger partial charge on any atom is -0.364 e. The van der Waals surface area contributed by atoms with Crippen molar-refractivity contribution in [3.05, 3.63) is 70.9 Å². The number of rotatable bonds is 3. The number of amides is 2. The van der Waals surface area contributed by atoms with Gasteiger partial charge in [0.25, 0.3) is 11.8 Å². The van der Waals surface area contributed by atoms with Crippen LogP contribution in [0.15, 0.2) is 54.2 Å². The molecule has 2 heterocycles. The number of carbonyl (C=O) groups excluding carboxylic acids is 2. The van der Waals surface area contributed by atoms with E-state index in [1.807, 2.05) is 62.4 Å². The lowest BCUT2D eigenvalue weighted by atomic mass is 10.0. The summed E-state index contributed by atoms with van der Waals surface area (Å²) < 4.78 is 0. The van der Waals surface area contributed by atoms with E-state index in [0.717, 1.165) is 42.9 Å². The molecule has 0 spiro atoms. The number of para-hydroxylation sites is 1. The number of nitrogens with zero attached hydrogens (tertiary/aromatic N) is 3. The van der Waals surface area contributed by atoms with Crippen LogP contribution in [0, 0.1) is 13.8 Å². The van der Waals surface area contributed by atoms with E-state index in [4.69, 9.17) is 0 Å². The second-order valence-corrected chi connectivity index (χ2v) is 7.61. The molecule has 0 aliphatic carbocycles. The van der Waals surface area contributed by atoms with Crippen LogP contribution in [0.5, 0.6) is 0 Å². The Morgan fingerprint density at radius 1 is 0.786 bits per heavy atom. The van der Waals surface area contributed by atoms with Gasteiger partial charge >= 0.3 is 0 Å². The molecule has 1 fully saturated rings. The number of carbonyl (C=O) groups is 2. The van der Waals surface area contributed by atoms with Crippen molar-refractivity contribution in [2.45, 2.75) is 13.8 Å². The number of anilines is 1. The van der Waals surface area contributed by atoms with Gasteiger partial charge in [-0.2, -0.15) is 0 Å². The molecule has 144 valence electrons. The molecule has 0 radical (unpaired) electrons. The van der Waals surface area contributed by atoms with Gasteiger partial charge in [0.1, 0.15) is 5.70 Å². The summed E-state index contributed by atoms with van der Waals surface area (Å²) in [5, 5.41) is 0. The van der Waals surface area contributed by atoms with Crippen LogP contribution in [0.2, 0.25) is 0 Å². The predicted octanol–water partition coefficient (Wildman–Crippen LogP) is 2.84. The van der Waals surface area contributed by atoms with Crippen molar-refractivity contribution in [2.75, 3.05) is 38.1 Å². The summed E-state index contributed by atoms with van der Waals surface area (Å²) in [7, 11) is 2.08. The molecule has 2 aromatic rings. The minimum atomic E-state index is -0.239. The second kappa shape index (κ2) is 7.24. The Kier molecular flexibility index (Phi) is 4.77. The second-order valence-electron chi connectivity index (χ2n) is 7.61. The fourth-order valence-corrected chi connectivity index (χ4v) is 3.86. The zero-order valence-corrected chi connectivity index (χ0v) is 16.6. The highest BCUT2D eigenvalue weighted by Gasteiger charge is 2.43. The number of piperazine rings is 1. The summed E-state index contributed by atoms with van der Waals surface area (Å²) in [4.78, 5) is 32.6. The number of benzene rings is 2. The number of aryl methyl sites for hydroxylation is 2. The molecule has 0 unspecified atom stereocenters. The molecule has 5 nitrogen and oxygen atoms in total. The van der Waals surface area contributed by atoms with Gasteiger partial charge in [-0.05, 0) is 38.1 Å². The zero-order chi connectivity index (χ0) is 19.8. The maximum Gasteiger partial charge on any atom is 0.282 e. The predicted molar refractivity (Wildman–Crippen MR) is 111 cm³/mol. The average molecular weight is 375 g/mol. The maximum absolute atomic E-state index is 13.5. The largest absolute Gasteiger partial charge is 0.364 e. The summed E-state index contributed by atoms with van der Waals surface area (Å²) >= 11 is 0. The van der Waals surface area contributed by atoms with Gasteiger partial charge in [-0.3, -0.25) is 9.59 Å². The number of hydrogen-bond donors (Lipinski definition) is 0. The molecule has 0 atom stereocenters. The molecule has 4 rings (SSSR count). The minimum absolute atomic E-state index is 0.223. The van der Waals surface area contributed by atoms with E-state index in [-0.39, 0.29) is 11.8 Å². The van der Waals surface area contributed by atoms with Crippen LogP contribution < -0.4 is 4.90 Å². The lowest BCUT2D eigenvalue weighted by molar-refractivity contribution is -0.120. The Morgan fingerprint density at radius 3 is 2.07 bits per heavy atom. The number of imide groups is 1. The molecule has 5 heteroatoms. The molecule has 0 saturated carbocycles. The summed E-state index contributed by atoms with van der Waals surface area (Å²) in [6.45, 7) is 7.16. The molecule has 1 saturated heterocycles. The van der Waals surface area contributed by atoms with Gasteiger partial charge in [-0.15, -0.1) is 0 Å². The molecule has 2 amide bonds. The fourth-order valence-electron chi connectivity index (χ4n) is 3.86. The molecule has 28 heavy (non-hydrogen) atoms. The van der Waals surface area contributed by atoms with Gasteiger partial charge in [-0.1, -0.05) is 48.0 Å².